The standard InChI is InChI=1S/C22H22N2O3/c1-24(2)21-16-10-14(15-7-9-19(25)20(11-15)27-3)6-8-18(16)23-12-17(21)22(26)13-4-5-13/h6-13,25H,4-5H2,1-3H3. The Balaban J connectivity index is 1.90. The van der Waals surface area contributed by atoms with Crippen LogP contribution in [0.1, 0.15) is 23.2 Å². The van der Waals surface area contributed by atoms with Gasteiger partial charge in [-0.3, -0.25) is 9.78 Å². The Morgan fingerprint density at radius 3 is 2.52 bits per heavy atom. The molecule has 5 heteroatoms. The average molecular weight is 362 g/mol. The molecule has 5 nitrogen and oxygen atoms in total. The van der Waals surface area contributed by atoms with Gasteiger partial charge in [0, 0.05) is 31.6 Å². The lowest BCUT2D eigenvalue weighted by Crippen LogP contribution is -2.16. The maximum absolute atomic E-state index is 12.7. The number of ether oxygens (including phenoxy) is 1. The van der Waals surface area contributed by atoms with Gasteiger partial charge in [0.05, 0.1) is 23.9 Å². The van der Waals surface area contributed by atoms with Gasteiger partial charge >= 0.3 is 0 Å². The van der Waals surface area contributed by atoms with Crippen molar-refractivity contribution in [3.05, 3.63) is 48.2 Å². The number of aromatic hydroxyl groups is 1. The zero-order chi connectivity index (χ0) is 19.1. The number of carbonyl (C=O) groups is 1. The van der Waals surface area contributed by atoms with E-state index in [1.807, 2.05) is 43.3 Å². The molecule has 3 aromatic rings. The highest BCUT2D eigenvalue weighted by atomic mass is 16.5. The molecule has 0 spiro atoms. The average Bonchev–Trinajstić information content (AvgIpc) is 3.51. The van der Waals surface area contributed by atoms with Crippen molar-refractivity contribution in [1.29, 1.82) is 0 Å². The Labute approximate surface area is 158 Å². The summed E-state index contributed by atoms with van der Waals surface area (Å²) < 4.78 is 5.23. The van der Waals surface area contributed by atoms with Crippen LogP contribution in [0.2, 0.25) is 0 Å². The number of anilines is 1. The van der Waals surface area contributed by atoms with E-state index >= 15 is 0 Å². The SMILES string of the molecule is COc1cc(-c2ccc3ncc(C(=O)C4CC4)c(N(C)C)c3c2)ccc1O. The van der Waals surface area contributed by atoms with Crippen LogP contribution in [0.5, 0.6) is 11.5 Å². The molecule has 0 aliphatic heterocycles. The first-order chi connectivity index (χ1) is 13.0. The normalized spacial score (nSPS) is 13.6. The highest BCUT2D eigenvalue weighted by Gasteiger charge is 2.32. The number of rotatable bonds is 5. The summed E-state index contributed by atoms with van der Waals surface area (Å²) in [6, 6.07) is 11.3. The molecule has 0 unspecified atom stereocenters. The third-order valence-corrected chi connectivity index (χ3v) is 5.01. The number of phenols is 1. The molecule has 0 atom stereocenters. The smallest absolute Gasteiger partial charge is 0.169 e. The molecule has 27 heavy (non-hydrogen) atoms. The predicted octanol–water partition coefficient (Wildman–Crippen LogP) is 4.27. The molecule has 138 valence electrons. The lowest BCUT2D eigenvalue weighted by molar-refractivity contribution is 0.0968. The van der Waals surface area contributed by atoms with E-state index in [0.29, 0.717) is 11.3 Å². The Morgan fingerprint density at radius 1 is 1.15 bits per heavy atom. The predicted molar refractivity (Wildman–Crippen MR) is 107 cm³/mol. The summed E-state index contributed by atoms with van der Waals surface area (Å²) in [4.78, 5) is 19.3. The van der Waals surface area contributed by atoms with Gasteiger partial charge in [0.2, 0.25) is 0 Å². The van der Waals surface area contributed by atoms with Gasteiger partial charge in [-0.25, -0.2) is 0 Å². The van der Waals surface area contributed by atoms with E-state index in [1.165, 1.54) is 7.11 Å². The number of pyridine rings is 1. The summed E-state index contributed by atoms with van der Waals surface area (Å²) in [6.45, 7) is 0. The first kappa shape index (κ1) is 17.3. The van der Waals surface area contributed by atoms with Gasteiger partial charge in [0.1, 0.15) is 0 Å². The molecule has 1 saturated carbocycles. The number of hydrogen-bond acceptors (Lipinski definition) is 5. The second kappa shape index (κ2) is 6.58. The number of nitrogens with zero attached hydrogens (tertiary/aromatic N) is 2. The van der Waals surface area contributed by atoms with Crippen LogP contribution in [-0.2, 0) is 0 Å². The van der Waals surface area contributed by atoms with Gasteiger partial charge in [0.25, 0.3) is 0 Å². The maximum atomic E-state index is 12.7. The zero-order valence-electron chi connectivity index (χ0n) is 15.7. The summed E-state index contributed by atoms with van der Waals surface area (Å²) in [6.07, 6.45) is 3.65. The molecular formula is C22H22N2O3. The van der Waals surface area contributed by atoms with Crippen LogP contribution >= 0.6 is 0 Å². The van der Waals surface area contributed by atoms with Crippen LogP contribution in [0.3, 0.4) is 0 Å². The van der Waals surface area contributed by atoms with Crippen LogP contribution in [0.4, 0.5) is 5.69 Å². The number of fused-ring (bicyclic) bond motifs is 1. The fraction of sp³-hybridized carbons (Fsp3) is 0.273. The Kier molecular flexibility index (Phi) is 4.22. The maximum Gasteiger partial charge on any atom is 0.169 e. The molecule has 0 radical (unpaired) electrons. The fourth-order valence-electron chi connectivity index (χ4n) is 3.44. The molecule has 0 bridgehead atoms. The van der Waals surface area contributed by atoms with Gasteiger partial charge in [-0.15, -0.1) is 0 Å². The molecule has 1 fully saturated rings. The summed E-state index contributed by atoms with van der Waals surface area (Å²) in [5.41, 5.74) is 4.34. The molecule has 1 aliphatic carbocycles. The van der Waals surface area contributed by atoms with E-state index < -0.39 is 0 Å². The number of Topliss-reactive ketones (excluding diaryl/α,β-unsaturated/α-hetero) is 1. The Bertz CT molecular complexity index is 1040. The highest BCUT2D eigenvalue weighted by Crippen LogP contribution is 2.39. The van der Waals surface area contributed by atoms with Gasteiger partial charge < -0.3 is 14.7 Å². The Hall–Kier alpha value is -3.08. The lowest BCUT2D eigenvalue weighted by atomic mass is 9.98. The number of phenolic OH excluding ortho intramolecular Hbond substituents is 1. The van der Waals surface area contributed by atoms with Crippen LogP contribution < -0.4 is 9.64 Å². The molecule has 4 rings (SSSR count). The number of aromatic nitrogens is 1. The zero-order valence-corrected chi connectivity index (χ0v) is 15.7. The second-order valence-electron chi connectivity index (χ2n) is 7.17. The van der Waals surface area contributed by atoms with Crippen molar-refractivity contribution in [1.82, 2.24) is 4.98 Å². The molecule has 2 aromatic carbocycles. The summed E-state index contributed by atoms with van der Waals surface area (Å²) in [7, 11) is 5.44. The van der Waals surface area contributed by atoms with Gasteiger partial charge in [-0.05, 0) is 48.2 Å². The molecular weight excluding hydrogens is 340 g/mol. The van der Waals surface area contributed by atoms with E-state index in [9.17, 15) is 9.90 Å². The molecule has 0 saturated heterocycles. The van der Waals surface area contributed by atoms with E-state index in [4.69, 9.17) is 4.74 Å². The van der Waals surface area contributed by atoms with Crippen molar-refractivity contribution in [3.63, 3.8) is 0 Å². The topological polar surface area (TPSA) is 62.7 Å². The Morgan fingerprint density at radius 2 is 1.85 bits per heavy atom. The van der Waals surface area contributed by atoms with E-state index in [-0.39, 0.29) is 17.5 Å². The van der Waals surface area contributed by atoms with Gasteiger partial charge in [-0.1, -0.05) is 12.1 Å². The minimum absolute atomic E-state index is 0.106. The van der Waals surface area contributed by atoms with Crippen molar-refractivity contribution in [2.75, 3.05) is 26.1 Å². The van der Waals surface area contributed by atoms with Crippen LogP contribution in [0, 0.1) is 5.92 Å². The van der Waals surface area contributed by atoms with Crippen molar-refractivity contribution in [2.45, 2.75) is 12.8 Å². The van der Waals surface area contributed by atoms with Crippen LogP contribution in [0.15, 0.2) is 42.6 Å². The van der Waals surface area contributed by atoms with Gasteiger partial charge in [-0.2, -0.15) is 0 Å². The molecule has 1 heterocycles. The summed E-state index contributed by atoms with van der Waals surface area (Å²) >= 11 is 0. The monoisotopic (exact) mass is 362 g/mol. The quantitative estimate of drug-likeness (QED) is 0.687. The number of hydrogen-bond donors (Lipinski definition) is 1. The van der Waals surface area contributed by atoms with Crippen molar-refractivity contribution in [3.8, 4) is 22.6 Å². The van der Waals surface area contributed by atoms with Crippen molar-refractivity contribution in [2.24, 2.45) is 5.92 Å². The first-order valence-electron chi connectivity index (χ1n) is 9.01. The third kappa shape index (κ3) is 3.10. The molecule has 0 amide bonds. The molecule has 1 aromatic heterocycles. The van der Waals surface area contributed by atoms with E-state index in [0.717, 1.165) is 40.6 Å². The molecule has 1 aliphatic rings. The van der Waals surface area contributed by atoms with Crippen molar-refractivity contribution >= 4 is 22.4 Å². The molecule has 1 N–H and O–H groups in total. The van der Waals surface area contributed by atoms with Gasteiger partial charge in [0.15, 0.2) is 17.3 Å². The lowest BCUT2D eigenvalue weighted by Gasteiger charge is -2.20. The van der Waals surface area contributed by atoms with Crippen LogP contribution in [0.25, 0.3) is 22.0 Å². The fourth-order valence-corrected chi connectivity index (χ4v) is 3.44. The number of methoxy groups -OCH3 is 1. The third-order valence-electron chi connectivity index (χ3n) is 5.01. The highest BCUT2D eigenvalue weighted by molar-refractivity contribution is 6.10. The number of benzene rings is 2. The summed E-state index contributed by atoms with van der Waals surface area (Å²) in [5.74, 6) is 0.864. The second-order valence-corrected chi connectivity index (χ2v) is 7.17. The summed E-state index contributed by atoms with van der Waals surface area (Å²) in [5, 5.41) is 10.8. The first-order valence-corrected chi connectivity index (χ1v) is 9.01. The minimum Gasteiger partial charge on any atom is -0.504 e. The number of carbonyl (C=O) groups excluding carboxylic acids is 1. The van der Waals surface area contributed by atoms with E-state index in [1.54, 1.807) is 18.3 Å². The number of ketones is 1. The largest absolute Gasteiger partial charge is 0.504 e. The minimum atomic E-state index is 0.106. The van der Waals surface area contributed by atoms with Crippen LogP contribution in [-0.4, -0.2) is 37.1 Å². The van der Waals surface area contributed by atoms with Crippen molar-refractivity contribution < 1.29 is 14.6 Å². The van der Waals surface area contributed by atoms with E-state index in [2.05, 4.69) is 4.98 Å².